The first-order valence-electron chi connectivity index (χ1n) is 6.29. The number of hydrogen-bond acceptors (Lipinski definition) is 3. The van der Waals surface area contributed by atoms with Gasteiger partial charge in [-0.3, -0.25) is 4.79 Å². The van der Waals surface area contributed by atoms with Gasteiger partial charge in [0, 0.05) is 6.54 Å². The molecule has 0 saturated carbocycles. The van der Waals surface area contributed by atoms with Crippen LogP contribution in [0.15, 0.2) is 24.3 Å². The van der Waals surface area contributed by atoms with E-state index in [0.717, 1.165) is 17.7 Å². The smallest absolute Gasteiger partial charge is 0.328 e. The molecule has 19 heavy (non-hydrogen) atoms. The minimum Gasteiger partial charge on any atom is -0.337 e. The van der Waals surface area contributed by atoms with Crippen molar-refractivity contribution < 1.29 is 9.59 Å². The van der Waals surface area contributed by atoms with Crippen LogP contribution in [-0.4, -0.2) is 18.5 Å². The monoisotopic (exact) mass is 257 g/mol. The van der Waals surface area contributed by atoms with Crippen molar-refractivity contribution in [3.05, 3.63) is 29.8 Å². The molecule has 1 N–H and O–H groups in total. The van der Waals surface area contributed by atoms with E-state index in [2.05, 4.69) is 5.32 Å². The van der Waals surface area contributed by atoms with Gasteiger partial charge in [0.25, 0.3) is 0 Å². The number of carbonyl (C=O) groups excluding carboxylic acids is 2. The highest BCUT2D eigenvalue weighted by Crippen LogP contribution is 2.22. The Morgan fingerprint density at radius 1 is 1.47 bits per heavy atom. The molecule has 1 aromatic rings. The summed E-state index contributed by atoms with van der Waals surface area (Å²) in [7, 11) is 0. The van der Waals surface area contributed by atoms with Crippen molar-refractivity contribution in [2.45, 2.75) is 19.8 Å². The van der Waals surface area contributed by atoms with E-state index in [1.54, 1.807) is 24.3 Å². The van der Waals surface area contributed by atoms with E-state index in [-0.39, 0.29) is 11.8 Å². The minimum absolute atomic E-state index is 0.187. The maximum absolute atomic E-state index is 12.3. The number of amides is 3. The number of carbonyl (C=O) groups is 2. The summed E-state index contributed by atoms with van der Waals surface area (Å²) in [5.41, 5.74) is 0.873. The first kappa shape index (κ1) is 13.1. The molecule has 0 aliphatic carbocycles. The lowest BCUT2D eigenvalue weighted by Gasteiger charge is -2.31. The standard InChI is InChI=1S/C14H15N3O2/c1-2-4-11-9-16-14(19)17(13(11)18)12-6-3-5-10(7-12)8-15/h3,5-7,11H,2,4,9H2,1H3,(H,16,19). The summed E-state index contributed by atoms with van der Waals surface area (Å²) in [4.78, 5) is 25.3. The highest BCUT2D eigenvalue weighted by atomic mass is 16.2. The van der Waals surface area contributed by atoms with E-state index < -0.39 is 6.03 Å². The Hall–Kier alpha value is -2.35. The summed E-state index contributed by atoms with van der Waals surface area (Å²) in [6.07, 6.45) is 1.63. The molecule has 1 aliphatic rings. The van der Waals surface area contributed by atoms with Crippen molar-refractivity contribution in [1.29, 1.82) is 5.26 Å². The summed E-state index contributed by atoms with van der Waals surface area (Å²) in [5.74, 6) is -0.380. The summed E-state index contributed by atoms with van der Waals surface area (Å²) < 4.78 is 0. The molecule has 5 nitrogen and oxygen atoms in total. The van der Waals surface area contributed by atoms with Crippen LogP contribution in [0, 0.1) is 17.2 Å². The summed E-state index contributed by atoms with van der Waals surface area (Å²) in [5, 5.41) is 11.6. The fourth-order valence-corrected chi connectivity index (χ4v) is 2.19. The van der Waals surface area contributed by atoms with Gasteiger partial charge in [-0.2, -0.15) is 5.26 Å². The molecule has 1 atom stereocenters. The maximum Gasteiger partial charge on any atom is 0.328 e. The first-order valence-corrected chi connectivity index (χ1v) is 6.29. The number of nitrogens with one attached hydrogen (secondary N) is 1. The fourth-order valence-electron chi connectivity index (χ4n) is 2.19. The van der Waals surface area contributed by atoms with Crippen LogP contribution in [0.25, 0.3) is 0 Å². The summed E-state index contributed by atoms with van der Waals surface area (Å²) >= 11 is 0. The predicted octanol–water partition coefficient (Wildman–Crippen LogP) is 2.03. The Labute approximate surface area is 111 Å². The van der Waals surface area contributed by atoms with Gasteiger partial charge in [0.1, 0.15) is 0 Å². The van der Waals surface area contributed by atoms with Crippen LogP contribution in [0.5, 0.6) is 0 Å². The van der Waals surface area contributed by atoms with Gasteiger partial charge in [0.2, 0.25) is 5.91 Å². The number of benzene rings is 1. The highest BCUT2D eigenvalue weighted by Gasteiger charge is 2.34. The molecular weight excluding hydrogens is 242 g/mol. The van der Waals surface area contributed by atoms with Crippen LogP contribution in [0.3, 0.4) is 0 Å². The van der Waals surface area contributed by atoms with Crippen LogP contribution in [-0.2, 0) is 4.79 Å². The highest BCUT2D eigenvalue weighted by molar-refractivity contribution is 6.16. The maximum atomic E-state index is 12.3. The zero-order valence-electron chi connectivity index (χ0n) is 10.7. The minimum atomic E-state index is -0.424. The number of rotatable bonds is 3. The van der Waals surface area contributed by atoms with Crippen molar-refractivity contribution >= 4 is 17.6 Å². The molecule has 2 rings (SSSR count). The second kappa shape index (κ2) is 5.53. The van der Waals surface area contributed by atoms with E-state index in [1.807, 2.05) is 13.0 Å². The first-order chi connectivity index (χ1) is 9.17. The van der Waals surface area contributed by atoms with E-state index in [9.17, 15) is 9.59 Å². The van der Waals surface area contributed by atoms with Crippen molar-refractivity contribution in [2.75, 3.05) is 11.4 Å². The third kappa shape index (κ3) is 2.58. The Balaban J connectivity index is 2.32. The average Bonchev–Trinajstić information content (AvgIpc) is 2.42. The van der Waals surface area contributed by atoms with Gasteiger partial charge in [-0.1, -0.05) is 19.4 Å². The molecule has 3 amide bonds. The van der Waals surface area contributed by atoms with Crippen molar-refractivity contribution in [3.63, 3.8) is 0 Å². The van der Waals surface area contributed by atoms with Crippen molar-refractivity contribution in [2.24, 2.45) is 5.92 Å². The number of urea groups is 1. The molecule has 1 heterocycles. The quantitative estimate of drug-likeness (QED) is 0.900. The largest absolute Gasteiger partial charge is 0.337 e. The number of nitriles is 1. The third-order valence-corrected chi connectivity index (χ3v) is 3.14. The molecule has 0 bridgehead atoms. The number of hydrogen-bond donors (Lipinski definition) is 1. The average molecular weight is 257 g/mol. The van der Waals surface area contributed by atoms with Gasteiger partial charge >= 0.3 is 6.03 Å². The molecule has 0 spiro atoms. The molecule has 0 radical (unpaired) electrons. The Kier molecular flexibility index (Phi) is 3.81. The second-order valence-corrected chi connectivity index (χ2v) is 4.51. The van der Waals surface area contributed by atoms with Crippen LogP contribution < -0.4 is 10.2 Å². The SMILES string of the molecule is CCCC1CNC(=O)N(c2cccc(C#N)c2)C1=O. The van der Waals surface area contributed by atoms with Crippen LogP contribution in [0.1, 0.15) is 25.3 Å². The Morgan fingerprint density at radius 3 is 2.95 bits per heavy atom. The van der Waals surface area contributed by atoms with Gasteiger partial charge in [-0.05, 0) is 24.6 Å². The van der Waals surface area contributed by atoms with Gasteiger partial charge in [0.15, 0.2) is 0 Å². The van der Waals surface area contributed by atoms with E-state index in [4.69, 9.17) is 5.26 Å². The van der Waals surface area contributed by atoms with Crippen molar-refractivity contribution in [1.82, 2.24) is 5.32 Å². The lowest BCUT2D eigenvalue weighted by atomic mass is 10.00. The molecule has 1 aromatic carbocycles. The lowest BCUT2D eigenvalue weighted by Crippen LogP contribution is -2.55. The lowest BCUT2D eigenvalue weighted by molar-refractivity contribution is -0.122. The zero-order valence-corrected chi connectivity index (χ0v) is 10.7. The van der Waals surface area contributed by atoms with Gasteiger partial charge in [-0.15, -0.1) is 0 Å². The molecule has 1 aliphatic heterocycles. The van der Waals surface area contributed by atoms with Crippen LogP contribution in [0.4, 0.5) is 10.5 Å². The van der Waals surface area contributed by atoms with E-state index >= 15 is 0 Å². The normalized spacial score (nSPS) is 18.9. The van der Waals surface area contributed by atoms with Gasteiger partial charge in [0.05, 0.1) is 23.2 Å². The molecular formula is C14H15N3O2. The number of anilines is 1. The van der Waals surface area contributed by atoms with Crippen LogP contribution >= 0.6 is 0 Å². The second-order valence-electron chi connectivity index (χ2n) is 4.51. The topological polar surface area (TPSA) is 73.2 Å². The van der Waals surface area contributed by atoms with Gasteiger partial charge < -0.3 is 5.32 Å². The zero-order chi connectivity index (χ0) is 13.8. The molecule has 1 unspecified atom stereocenters. The molecule has 98 valence electrons. The van der Waals surface area contributed by atoms with Crippen LogP contribution in [0.2, 0.25) is 0 Å². The summed E-state index contributed by atoms with van der Waals surface area (Å²) in [6.45, 7) is 2.39. The fraction of sp³-hybridized carbons (Fsp3) is 0.357. The molecule has 0 aromatic heterocycles. The molecule has 5 heteroatoms. The van der Waals surface area contributed by atoms with Gasteiger partial charge in [-0.25, -0.2) is 9.69 Å². The molecule has 1 fully saturated rings. The Bertz CT molecular complexity index is 548. The van der Waals surface area contributed by atoms with Crippen molar-refractivity contribution in [3.8, 4) is 6.07 Å². The summed E-state index contributed by atoms with van der Waals surface area (Å²) in [6, 6.07) is 8.09. The number of nitrogens with zero attached hydrogens (tertiary/aromatic N) is 2. The molecule has 1 saturated heterocycles. The predicted molar refractivity (Wildman–Crippen MR) is 70.4 cm³/mol. The number of imide groups is 1. The van der Waals surface area contributed by atoms with E-state index in [0.29, 0.717) is 17.8 Å². The third-order valence-electron chi connectivity index (χ3n) is 3.14. The Morgan fingerprint density at radius 2 is 2.26 bits per heavy atom. The van der Waals surface area contributed by atoms with E-state index in [1.165, 1.54) is 0 Å².